The number of rotatable bonds is 4. The molecule has 0 aliphatic heterocycles. The van der Waals surface area contributed by atoms with Gasteiger partial charge in [0.2, 0.25) is 0 Å². The van der Waals surface area contributed by atoms with Crippen molar-refractivity contribution in [2.75, 3.05) is 0 Å². The van der Waals surface area contributed by atoms with E-state index in [1.165, 1.54) is 6.07 Å². The van der Waals surface area contributed by atoms with E-state index >= 15 is 0 Å². The Morgan fingerprint density at radius 3 is 2.43 bits per heavy atom. The van der Waals surface area contributed by atoms with Crippen LogP contribution in [0, 0.1) is 5.82 Å². The summed E-state index contributed by atoms with van der Waals surface area (Å²) in [6.07, 6.45) is -4.53. The Labute approximate surface area is 133 Å². The second kappa shape index (κ2) is 6.45. The fourth-order valence-corrected chi connectivity index (χ4v) is 2.05. The van der Waals surface area contributed by atoms with E-state index in [1.807, 2.05) is 0 Å². The van der Waals surface area contributed by atoms with Gasteiger partial charge in [-0.1, -0.05) is 11.6 Å². The molecule has 0 amide bonds. The zero-order valence-corrected chi connectivity index (χ0v) is 12.1. The minimum Gasteiger partial charge on any atom is -0.487 e. The highest BCUT2D eigenvalue weighted by Crippen LogP contribution is 2.34. The topological polar surface area (TPSA) is 46.5 Å². The monoisotopic (exact) mass is 348 g/mol. The lowest BCUT2D eigenvalue weighted by atomic mass is 10.1. The Hall–Kier alpha value is -2.28. The van der Waals surface area contributed by atoms with Crippen LogP contribution in [-0.2, 0) is 12.8 Å². The molecule has 0 unspecified atom stereocenters. The van der Waals surface area contributed by atoms with Crippen molar-refractivity contribution in [1.29, 1.82) is 0 Å². The Kier molecular flexibility index (Phi) is 4.79. The van der Waals surface area contributed by atoms with Crippen molar-refractivity contribution in [1.82, 2.24) is 0 Å². The number of carboxylic acid groups (broad SMARTS) is 1. The summed E-state index contributed by atoms with van der Waals surface area (Å²) in [6.45, 7) is -0.247. The van der Waals surface area contributed by atoms with E-state index in [0.29, 0.717) is 6.07 Å². The number of ether oxygens (including phenoxy) is 1. The number of hydrogen-bond donors (Lipinski definition) is 1. The Morgan fingerprint density at radius 2 is 1.87 bits per heavy atom. The van der Waals surface area contributed by atoms with Crippen molar-refractivity contribution >= 4 is 17.6 Å². The van der Waals surface area contributed by atoms with Crippen LogP contribution in [-0.4, -0.2) is 11.1 Å². The first-order chi connectivity index (χ1) is 10.7. The van der Waals surface area contributed by atoms with Crippen molar-refractivity contribution < 1.29 is 32.2 Å². The molecule has 1 N–H and O–H groups in total. The molecule has 0 atom stereocenters. The third-order valence-corrected chi connectivity index (χ3v) is 3.15. The van der Waals surface area contributed by atoms with Crippen molar-refractivity contribution in [3.8, 4) is 5.75 Å². The second-order valence-electron chi connectivity index (χ2n) is 4.58. The van der Waals surface area contributed by atoms with Crippen LogP contribution in [0.1, 0.15) is 21.5 Å². The van der Waals surface area contributed by atoms with Gasteiger partial charge in [-0.25, -0.2) is 9.18 Å². The van der Waals surface area contributed by atoms with E-state index < -0.39 is 23.5 Å². The lowest BCUT2D eigenvalue weighted by molar-refractivity contribution is -0.137. The smallest absolute Gasteiger partial charge is 0.416 e. The highest BCUT2D eigenvalue weighted by atomic mass is 35.5. The van der Waals surface area contributed by atoms with Gasteiger partial charge < -0.3 is 9.84 Å². The quantitative estimate of drug-likeness (QED) is 0.809. The Balaban J connectivity index is 2.17. The van der Waals surface area contributed by atoms with E-state index in [1.54, 1.807) is 0 Å². The predicted molar refractivity (Wildman–Crippen MR) is 74.1 cm³/mol. The lowest BCUT2D eigenvalue weighted by Crippen LogP contribution is -2.05. The highest BCUT2D eigenvalue weighted by molar-refractivity contribution is 6.32. The molecule has 0 radical (unpaired) electrons. The summed E-state index contributed by atoms with van der Waals surface area (Å²) in [5, 5.41) is 8.58. The van der Waals surface area contributed by atoms with Crippen molar-refractivity contribution in [2.24, 2.45) is 0 Å². The number of benzene rings is 2. The maximum atomic E-state index is 13.3. The Bertz CT molecular complexity index is 744. The fraction of sp³-hybridized carbons (Fsp3) is 0.133. The molecule has 2 aromatic rings. The molecule has 0 saturated heterocycles. The molecule has 0 aromatic heterocycles. The van der Waals surface area contributed by atoms with Crippen LogP contribution >= 0.6 is 11.6 Å². The van der Waals surface area contributed by atoms with E-state index in [2.05, 4.69) is 0 Å². The summed E-state index contributed by atoms with van der Waals surface area (Å²) >= 11 is 5.72. The minimum atomic E-state index is -4.53. The van der Waals surface area contributed by atoms with Gasteiger partial charge in [0.05, 0.1) is 16.1 Å². The molecule has 0 heterocycles. The summed E-state index contributed by atoms with van der Waals surface area (Å²) in [5.41, 5.74) is -0.978. The maximum absolute atomic E-state index is 13.3. The molecule has 0 bridgehead atoms. The van der Waals surface area contributed by atoms with Crippen LogP contribution in [0.4, 0.5) is 17.6 Å². The Morgan fingerprint density at radius 1 is 1.17 bits per heavy atom. The fourth-order valence-electron chi connectivity index (χ4n) is 1.81. The molecule has 23 heavy (non-hydrogen) atoms. The van der Waals surface area contributed by atoms with Gasteiger partial charge in [-0.2, -0.15) is 13.2 Å². The molecule has 0 aliphatic rings. The van der Waals surface area contributed by atoms with E-state index in [-0.39, 0.29) is 28.5 Å². The van der Waals surface area contributed by atoms with Crippen LogP contribution in [0.25, 0.3) is 0 Å². The molecule has 3 nitrogen and oxygen atoms in total. The van der Waals surface area contributed by atoms with Gasteiger partial charge in [0, 0.05) is 0 Å². The van der Waals surface area contributed by atoms with Crippen molar-refractivity contribution in [3.63, 3.8) is 0 Å². The van der Waals surface area contributed by atoms with Gasteiger partial charge in [0.25, 0.3) is 0 Å². The van der Waals surface area contributed by atoms with Gasteiger partial charge >= 0.3 is 12.1 Å². The van der Waals surface area contributed by atoms with Crippen LogP contribution in [0.3, 0.4) is 0 Å². The highest BCUT2D eigenvalue weighted by Gasteiger charge is 2.31. The third-order valence-electron chi connectivity index (χ3n) is 2.86. The van der Waals surface area contributed by atoms with Crippen LogP contribution in [0.5, 0.6) is 5.75 Å². The van der Waals surface area contributed by atoms with Gasteiger partial charge in [-0.15, -0.1) is 0 Å². The first kappa shape index (κ1) is 17.1. The molecular weight excluding hydrogens is 340 g/mol. The number of carbonyl (C=O) groups is 1. The zero-order valence-electron chi connectivity index (χ0n) is 11.3. The molecule has 0 aliphatic carbocycles. The van der Waals surface area contributed by atoms with Gasteiger partial charge in [-0.3, -0.25) is 0 Å². The summed E-state index contributed by atoms with van der Waals surface area (Å²) in [7, 11) is 0. The SMILES string of the molecule is O=C(O)c1cc(F)cc(COc2ccc(C(F)(F)F)cc2Cl)c1. The lowest BCUT2D eigenvalue weighted by Gasteiger charge is -2.11. The predicted octanol–water partition coefficient (Wildman–Crippen LogP) is 4.78. The van der Waals surface area contributed by atoms with Crippen molar-refractivity contribution in [3.05, 3.63) is 63.9 Å². The van der Waals surface area contributed by atoms with Crippen LogP contribution < -0.4 is 4.74 Å². The van der Waals surface area contributed by atoms with E-state index in [0.717, 1.165) is 24.3 Å². The average Bonchev–Trinajstić information content (AvgIpc) is 2.44. The summed E-state index contributed by atoms with van der Waals surface area (Å²) in [5.74, 6) is -2.10. The van der Waals surface area contributed by atoms with Crippen molar-refractivity contribution in [2.45, 2.75) is 12.8 Å². The van der Waals surface area contributed by atoms with Gasteiger partial charge in [-0.05, 0) is 42.0 Å². The molecular formula is C15H9ClF4O3. The zero-order chi connectivity index (χ0) is 17.2. The second-order valence-corrected chi connectivity index (χ2v) is 4.99. The summed E-state index contributed by atoms with van der Waals surface area (Å²) in [6, 6.07) is 5.66. The normalized spacial score (nSPS) is 11.3. The molecule has 2 aromatic carbocycles. The van der Waals surface area contributed by atoms with E-state index in [4.69, 9.17) is 21.4 Å². The maximum Gasteiger partial charge on any atom is 0.416 e. The average molecular weight is 349 g/mol. The first-order valence-corrected chi connectivity index (χ1v) is 6.57. The summed E-state index contributed by atoms with van der Waals surface area (Å²) < 4.78 is 56.1. The molecule has 0 fully saturated rings. The number of alkyl halides is 3. The molecule has 0 spiro atoms. The van der Waals surface area contributed by atoms with E-state index in [9.17, 15) is 22.4 Å². The number of hydrogen-bond acceptors (Lipinski definition) is 2. The largest absolute Gasteiger partial charge is 0.487 e. The van der Waals surface area contributed by atoms with Crippen LogP contribution in [0.2, 0.25) is 5.02 Å². The number of aromatic carboxylic acids is 1. The molecule has 8 heteroatoms. The standard InChI is InChI=1S/C15H9ClF4O3/c16-12-6-10(15(18,19)20)1-2-13(12)23-7-8-3-9(14(21)22)5-11(17)4-8/h1-6H,7H2,(H,21,22). The molecule has 2 rings (SSSR count). The third kappa shape index (κ3) is 4.35. The van der Waals surface area contributed by atoms with Gasteiger partial charge in [0.1, 0.15) is 18.2 Å². The molecule has 122 valence electrons. The minimum absolute atomic E-state index is 0.0270. The first-order valence-electron chi connectivity index (χ1n) is 6.19. The molecule has 0 saturated carbocycles. The van der Waals surface area contributed by atoms with Gasteiger partial charge in [0.15, 0.2) is 0 Å². The van der Waals surface area contributed by atoms with Crippen LogP contribution in [0.15, 0.2) is 36.4 Å². The number of halogens is 5. The number of carboxylic acids is 1. The summed E-state index contributed by atoms with van der Waals surface area (Å²) in [4.78, 5) is 10.8.